The predicted octanol–water partition coefficient (Wildman–Crippen LogP) is 2.67. The van der Waals surface area contributed by atoms with Gasteiger partial charge in [0.15, 0.2) is 29.3 Å². The monoisotopic (exact) mass is 360 g/mol. The van der Waals surface area contributed by atoms with Gasteiger partial charge < -0.3 is 33.5 Å². The third-order valence-electron chi connectivity index (χ3n) is 4.67. The molecule has 0 amide bonds. The van der Waals surface area contributed by atoms with Crippen molar-refractivity contribution in [1.82, 2.24) is 0 Å². The Morgan fingerprint density at radius 3 is 2.15 bits per heavy atom. The summed E-state index contributed by atoms with van der Waals surface area (Å²) in [5.41, 5.74) is 1.83. The van der Waals surface area contributed by atoms with E-state index in [1.54, 1.807) is 27.4 Å². The van der Waals surface area contributed by atoms with E-state index in [9.17, 15) is 5.11 Å². The minimum Gasteiger partial charge on any atom is -0.493 e. The number of fused-ring (bicyclic) bond motifs is 2. The maximum atomic E-state index is 10.2. The topological polar surface area (TPSA) is 75.6 Å². The quantitative estimate of drug-likeness (QED) is 0.898. The number of rotatable bonds is 4. The maximum Gasteiger partial charge on any atom is 0.231 e. The largest absolute Gasteiger partial charge is 0.493 e. The van der Waals surface area contributed by atoms with Crippen molar-refractivity contribution in [3.05, 3.63) is 35.4 Å². The second-order valence-corrected chi connectivity index (χ2v) is 6.06. The van der Waals surface area contributed by atoms with Gasteiger partial charge in [-0.2, -0.15) is 0 Å². The average Bonchev–Trinajstić information content (AvgIpc) is 3.11. The number of aliphatic hydroxyl groups is 1. The van der Waals surface area contributed by atoms with E-state index in [4.69, 9.17) is 28.4 Å². The molecule has 2 aromatic carbocycles. The molecule has 0 bridgehead atoms. The number of hydrogen-bond donors (Lipinski definition) is 1. The van der Waals surface area contributed by atoms with Gasteiger partial charge in [0.05, 0.1) is 21.3 Å². The molecule has 2 heterocycles. The van der Waals surface area contributed by atoms with Crippen LogP contribution in [0.25, 0.3) is 0 Å². The highest BCUT2D eigenvalue weighted by Gasteiger charge is 2.32. The summed E-state index contributed by atoms with van der Waals surface area (Å²) >= 11 is 0. The second kappa shape index (κ2) is 6.49. The third kappa shape index (κ3) is 2.64. The Hall–Kier alpha value is -2.80. The first-order valence-electron chi connectivity index (χ1n) is 8.22. The number of ether oxygens (including phenoxy) is 6. The van der Waals surface area contributed by atoms with Crippen LogP contribution in [0, 0.1) is 0 Å². The fourth-order valence-electron chi connectivity index (χ4n) is 3.45. The molecule has 0 saturated carbocycles. The highest BCUT2D eigenvalue weighted by molar-refractivity contribution is 5.59. The van der Waals surface area contributed by atoms with E-state index >= 15 is 0 Å². The molecule has 2 aliphatic rings. The summed E-state index contributed by atoms with van der Waals surface area (Å²) in [5, 5.41) is 10.2. The Bertz CT molecular complexity index is 808. The molecule has 138 valence electrons. The molecule has 7 nitrogen and oxygen atoms in total. The fourth-order valence-corrected chi connectivity index (χ4v) is 3.45. The number of benzene rings is 2. The molecule has 0 spiro atoms. The van der Waals surface area contributed by atoms with Crippen LogP contribution in [0.1, 0.15) is 23.5 Å². The van der Waals surface area contributed by atoms with E-state index in [1.807, 2.05) is 18.2 Å². The number of aliphatic hydroxyl groups excluding tert-OH is 1. The van der Waals surface area contributed by atoms with E-state index in [0.717, 1.165) is 11.1 Å². The summed E-state index contributed by atoms with van der Waals surface area (Å²) in [6.45, 7) is 0.176. The Labute approximate surface area is 151 Å². The molecule has 0 fully saturated rings. The molecule has 2 unspecified atom stereocenters. The molecule has 2 atom stereocenters. The first-order chi connectivity index (χ1) is 12.6. The van der Waals surface area contributed by atoms with Crippen LogP contribution in [0.5, 0.6) is 34.5 Å². The van der Waals surface area contributed by atoms with Crippen molar-refractivity contribution in [2.45, 2.75) is 18.6 Å². The Morgan fingerprint density at radius 1 is 0.885 bits per heavy atom. The Kier molecular flexibility index (Phi) is 4.16. The normalized spacial score (nSPS) is 20.2. The highest BCUT2D eigenvalue weighted by atomic mass is 16.7. The zero-order chi connectivity index (χ0) is 18.3. The van der Waals surface area contributed by atoms with Gasteiger partial charge in [0, 0.05) is 24.0 Å². The van der Waals surface area contributed by atoms with E-state index in [2.05, 4.69) is 0 Å². The molecule has 0 radical (unpaired) electrons. The van der Waals surface area contributed by atoms with Crippen molar-refractivity contribution < 1.29 is 33.5 Å². The van der Waals surface area contributed by atoms with Crippen LogP contribution in [0.3, 0.4) is 0 Å². The average molecular weight is 360 g/mol. The standard InChI is InChI=1S/C19H20O7/c1-21-16-4-10(5-17(22-2)19(16)23-3)11-7-18(20)26-13-8-15-14(6-12(11)13)24-9-25-15/h4-6,8,11,18,20H,7,9H2,1-3H3. The molecule has 1 N–H and O–H groups in total. The van der Waals surface area contributed by atoms with Crippen LogP contribution in [-0.4, -0.2) is 39.5 Å². The first kappa shape index (κ1) is 16.7. The van der Waals surface area contributed by atoms with E-state index in [1.165, 1.54) is 0 Å². The lowest BCUT2D eigenvalue weighted by Gasteiger charge is -2.30. The Morgan fingerprint density at radius 2 is 1.54 bits per heavy atom. The number of methoxy groups -OCH3 is 3. The lowest BCUT2D eigenvalue weighted by atomic mass is 9.85. The van der Waals surface area contributed by atoms with E-state index < -0.39 is 6.29 Å². The smallest absolute Gasteiger partial charge is 0.231 e. The fraction of sp³-hybridized carbons (Fsp3) is 0.368. The summed E-state index contributed by atoms with van der Waals surface area (Å²) in [7, 11) is 4.71. The van der Waals surface area contributed by atoms with Crippen LogP contribution < -0.4 is 28.4 Å². The molecule has 0 aromatic heterocycles. The van der Waals surface area contributed by atoms with Crippen molar-refractivity contribution in [3.63, 3.8) is 0 Å². The van der Waals surface area contributed by atoms with Crippen LogP contribution >= 0.6 is 0 Å². The SMILES string of the molecule is COc1cc(C2CC(O)Oc3cc4c(cc32)OCO4)cc(OC)c1OC. The van der Waals surface area contributed by atoms with Gasteiger partial charge in [-0.1, -0.05) is 0 Å². The van der Waals surface area contributed by atoms with Gasteiger partial charge in [0.2, 0.25) is 12.5 Å². The van der Waals surface area contributed by atoms with Gasteiger partial charge in [0.25, 0.3) is 0 Å². The van der Waals surface area contributed by atoms with Crippen LogP contribution in [0.15, 0.2) is 24.3 Å². The van der Waals surface area contributed by atoms with Crippen LogP contribution in [0.4, 0.5) is 0 Å². The van der Waals surface area contributed by atoms with Crippen LogP contribution in [-0.2, 0) is 0 Å². The molecule has 26 heavy (non-hydrogen) atoms. The predicted molar refractivity (Wildman–Crippen MR) is 91.8 cm³/mol. The zero-order valence-electron chi connectivity index (χ0n) is 14.8. The molecule has 0 saturated heterocycles. The molecule has 4 rings (SSSR count). The van der Waals surface area contributed by atoms with Gasteiger partial charge in [0.1, 0.15) is 5.75 Å². The van der Waals surface area contributed by atoms with Gasteiger partial charge in [-0.05, 0) is 23.8 Å². The van der Waals surface area contributed by atoms with Gasteiger partial charge in [-0.15, -0.1) is 0 Å². The second-order valence-electron chi connectivity index (χ2n) is 6.06. The lowest BCUT2D eigenvalue weighted by Crippen LogP contribution is -2.25. The molecular formula is C19H20O7. The summed E-state index contributed by atoms with van der Waals surface area (Å²) in [6.07, 6.45) is -0.530. The van der Waals surface area contributed by atoms with E-state index in [-0.39, 0.29) is 12.7 Å². The van der Waals surface area contributed by atoms with Crippen molar-refractivity contribution >= 4 is 0 Å². The third-order valence-corrected chi connectivity index (χ3v) is 4.67. The number of hydrogen-bond acceptors (Lipinski definition) is 7. The van der Waals surface area contributed by atoms with Crippen molar-refractivity contribution in [2.24, 2.45) is 0 Å². The molecule has 2 aliphatic heterocycles. The summed E-state index contributed by atoms with van der Waals surface area (Å²) < 4.78 is 32.8. The molecule has 0 aliphatic carbocycles. The lowest BCUT2D eigenvalue weighted by molar-refractivity contribution is -0.0360. The van der Waals surface area contributed by atoms with Crippen molar-refractivity contribution in [1.29, 1.82) is 0 Å². The van der Waals surface area contributed by atoms with Gasteiger partial charge in [-0.3, -0.25) is 0 Å². The zero-order valence-corrected chi connectivity index (χ0v) is 14.8. The minimum atomic E-state index is -0.924. The summed E-state index contributed by atoms with van der Waals surface area (Å²) in [6, 6.07) is 7.43. The first-order valence-corrected chi connectivity index (χ1v) is 8.22. The van der Waals surface area contributed by atoms with Crippen molar-refractivity contribution in [2.75, 3.05) is 28.1 Å². The molecule has 2 aromatic rings. The molecular weight excluding hydrogens is 340 g/mol. The molecule has 7 heteroatoms. The Balaban J connectivity index is 1.84. The van der Waals surface area contributed by atoms with Gasteiger partial charge in [-0.25, -0.2) is 0 Å². The van der Waals surface area contributed by atoms with Gasteiger partial charge >= 0.3 is 0 Å². The van der Waals surface area contributed by atoms with Crippen LogP contribution in [0.2, 0.25) is 0 Å². The van der Waals surface area contributed by atoms with Crippen molar-refractivity contribution in [3.8, 4) is 34.5 Å². The summed E-state index contributed by atoms with van der Waals surface area (Å²) in [4.78, 5) is 0. The van der Waals surface area contributed by atoms with E-state index in [0.29, 0.717) is 40.9 Å². The maximum absolute atomic E-state index is 10.2. The highest BCUT2D eigenvalue weighted by Crippen LogP contribution is 2.49. The summed E-state index contributed by atoms with van der Waals surface area (Å²) in [5.74, 6) is 3.37. The minimum absolute atomic E-state index is 0.128.